The van der Waals surface area contributed by atoms with Gasteiger partial charge in [-0.3, -0.25) is 4.79 Å². The number of esters is 1. The number of benzene rings is 1. The topological polar surface area (TPSA) is 99.4 Å². The van der Waals surface area contributed by atoms with Crippen molar-refractivity contribution in [2.24, 2.45) is 0 Å². The van der Waals surface area contributed by atoms with Gasteiger partial charge in [-0.15, -0.1) is 0 Å². The van der Waals surface area contributed by atoms with Crippen LogP contribution in [0.3, 0.4) is 0 Å². The maximum atomic E-state index is 11.8. The molecule has 0 aliphatic heterocycles. The Hall–Kier alpha value is -2.55. The maximum absolute atomic E-state index is 11.8. The second-order valence-corrected chi connectivity index (χ2v) is 5.12. The lowest BCUT2D eigenvalue weighted by Gasteiger charge is -2.19. The van der Waals surface area contributed by atoms with Gasteiger partial charge in [0, 0.05) is 0 Å². The predicted octanol–water partition coefficient (Wildman–Crippen LogP) is 2.20. The molecule has 2 N–H and O–H groups in total. The van der Waals surface area contributed by atoms with Crippen molar-refractivity contribution in [3.63, 3.8) is 0 Å². The number of carbonyl (C=O) groups excluding carboxylic acids is 2. The summed E-state index contributed by atoms with van der Waals surface area (Å²) in [4.78, 5) is 23.0. The summed E-state index contributed by atoms with van der Waals surface area (Å²) in [6, 6.07) is 5.70. The third kappa shape index (κ3) is 4.61. The highest BCUT2D eigenvalue weighted by Crippen LogP contribution is 2.25. The van der Waals surface area contributed by atoms with Gasteiger partial charge in [-0.1, -0.05) is 0 Å². The van der Waals surface area contributed by atoms with Crippen LogP contribution in [0.25, 0.3) is 0 Å². The molecular formula is C14H16N2O4. The van der Waals surface area contributed by atoms with Gasteiger partial charge in [0.25, 0.3) is 0 Å². The maximum Gasteiger partial charge on any atom is 0.338 e. The molecule has 0 saturated heterocycles. The molecule has 6 heteroatoms. The van der Waals surface area contributed by atoms with Gasteiger partial charge in [0.15, 0.2) is 0 Å². The number of hydrogen-bond acceptors (Lipinski definition) is 5. The van der Waals surface area contributed by atoms with E-state index in [0.717, 1.165) is 0 Å². The second-order valence-electron chi connectivity index (χ2n) is 5.12. The van der Waals surface area contributed by atoms with Crippen LogP contribution in [0.15, 0.2) is 18.2 Å². The first-order valence-corrected chi connectivity index (χ1v) is 5.96. The fourth-order valence-corrected chi connectivity index (χ4v) is 1.37. The summed E-state index contributed by atoms with van der Waals surface area (Å²) < 4.78 is 5.16. The van der Waals surface area contributed by atoms with Crippen molar-refractivity contribution < 1.29 is 19.4 Å². The van der Waals surface area contributed by atoms with Gasteiger partial charge in [0.2, 0.25) is 5.91 Å². The first kappa shape index (κ1) is 15.5. The van der Waals surface area contributed by atoms with Gasteiger partial charge < -0.3 is 15.2 Å². The van der Waals surface area contributed by atoms with E-state index in [1.807, 2.05) is 0 Å². The minimum Gasteiger partial charge on any atom is -0.506 e. The number of nitrogens with one attached hydrogen (secondary N) is 1. The summed E-state index contributed by atoms with van der Waals surface area (Å²) in [7, 11) is 0. The van der Waals surface area contributed by atoms with E-state index in [9.17, 15) is 14.7 Å². The standard InChI is InChI=1S/C14H16N2O4/c1-14(2,3)20-13(19)9-4-5-10(11(17)8-9)16-12(18)6-7-15/h4-5,8,17H,6H2,1-3H3,(H,16,18). The molecule has 1 amide bonds. The molecule has 0 heterocycles. The van der Waals surface area contributed by atoms with Crippen LogP contribution in [0.4, 0.5) is 5.69 Å². The summed E-state index contributed by atoms with van der Waals surface area (Å²) in [6.45, 7) is 5.21. The molecule has 1 aromatic carbocycles. The molecule has 0 fully saturated rings. The molecule has 0 aliphatic carbocycles. The first-order chi connectivity index (χ1) is 9.23. The Kier molecular flexibility index (Phi) is 4.70. The van der Waals surface area contributed by atoms with E-state index < -0.39 is 17.5 Å². The summed E-state index contributed by atoms with van der Waals surface area (Å²) in [6.07, 6.45) is -0.312. The fourth-order valence-electron chi connectivity index (χ4n) is 1.37. The van der Waals surface area contributed by atoms with Crippen LogP contribution < -0.4 is 5.32 Å². The number of anilines is 1. The molecule has 0 spiro atoms. The number of phenolic OH excluding ortho intramolecular Hbond substituents is 1. The second kappa shape index (κ2) is 6.06. The smallest absolute Gasteiger partial charge is 0.338 e. The monoisotopic (exact) mass is 276 g/mol. The highest BCUT2D eigenvalue weighted by molar-refractivity contribution is 5.95. The largest absolute Gasteiger partial charge is 0.506 e. The number of aromatic hydroxyl groups is 1. The number of carbonyl (C=O) groups is 2. The number of ether oxygens (including phenoxy) is 1. The van der Waals surface area contributed by atoms with Crippen molar-refractivity contribution in [1.29, 1.82) is 5.26 Å². The van der Waals surface area contributed by atoms with Gasteiger partial charge >= 0.3 is 5.97 Å². The number of rotatable bonds is 3. The van der Waals surface area contributed by atoms with Gasteiger partial charge in [-0.05, 0) is 39.0 Å². The Morgan fingerprint density at radius 2 is 2.05 bits per heavy atom. The van der Waals surface area contributed by atoms with Crippen LogP contribution in [-0.4, -0.2) is 22.6 Å². The van der Waals surface area contributed by atoms with Crippen molar-refractivity contribution in [2.75, 3.05) is 5.32 Å². The van der Waals surface area contributed by atoms with Crippen LogP contribution in [0, 0.1) is 11.3 Å². The molecular weight excluding hydrogens is 260 g/mol. The van der Waals surface area contributed by atoms with Gasteiger partial charge in [0.1, 0.15) is 17.8 Å². The van der Waals surface area contributed by atoms with E-state index in [2.05, 4.69) is 5.32 Å². The van der Waals surface area contributed by atoms with Gasteiger partial charge in [-0.25, -0.2) is 4.79 Å². The number of amides is 1. The SMILES string of the molecule is CC(C)(C)OC(=O)c1ccc(NC(=O)CC#N)c(O)c1. The molecule has 0 radical (unpaired) electrons. The average molecular weight is 276 g/mol. The van der Waals surface area contributed by atoms with Crippen molar-refractivity contribution in [1.82, 2.24) is 0 Å². The van der Waals surface area contributed by atoms with E-state index in [4.69, 9.17) is 10.00 Å². The lowest BCUT2D eigenvalue weighted by molar-refractivity contribution is -0.115. The van der Waals surface area contributed by atoms with E-state index in [0.29, 0.717) is 0 Å². The van der Waals surface area contributed by atoms with E-state index in [1.54, 1.807) is 26.8 Å². The van der Waals surface area contributed by atoms with E-state index in [-0.39, 0.29) is 23.4 Å². The third-order valence-corrected chi connectivity index (χ3v) is 2.15. The zero-order chi connectivity index (χ0) is 15.3. The molecule has 0 unspecified atom stereocenters. The number of nitriles is 1. The number of phenols is 1. The molecule has 1 aromatic rings. The van der Waals surface area contributed by atoms with Crippen LogP contribution in [0.2, 0.25) is 0 Å². The Morgan fingerprint density at radius 3 is 2.55 bits per heavy atom. The van der Waals surface area contributed by atoms with Crippen LogP contribution >= 0.6 is 0 Å². The Balaban J connectivity index is 2.86. The minimum absolute atomic E-state index is 0.137. The highest BCUT2D eigenvalue weighted by Gasteiger charge is 2.19. The number of hydrogen-bond donors (Lipinski definition) is 2. The average Bonchev–Trinajstić information content (AvgIpc) is 2.29. The van der Waals surface area contributed by atoms with Crippen LogP contribution in [-0.2, 0) is 9.53 Å². The fraction of sp³-hybridized carbons (Fsp3) is 0.357. The van der Waals surface area contributed by atoms with E-state index >= 15 is 0 Å². The Labute approximate surface area is 117 Å². The first-order valence-electron chi connectivity index (χ1n) is 5.96. The molecule has 0 saturated carbocycles. The summed E-state index contributed by atoms with van der Waals surface area (Å²) in [5.74, 6) is -1.37. The molecule has 106 valence electrons. The molecule has 1 rings (SSSR count). The van der Waals surface area contributed by atoms with Crippen LogP contribution in [0.1, 0.15) is 37.6 Å². The zero-order valence-electron chi connectivity index (χ0n) is 11.6. The minimum atomic E-state index is -0.633. The van der Waals surface area contributed by atoms with Crippen LogP contribution in [0.5, 0.6) is 5.75 Å². The van der Waals surface area contributed by atoms with Crippen molar-refractivity contribution in [2.45, 2.75) is 32.8 Å². The summed E-state index contributed by atoms with van der Waals surface area (Å²) in [5, 5.41) is 20.5. The van der Waals surface area contributed by atoms with E-state index in [1.165, 1.54) is 18.2 Å². The molecule has 6 nitrogen and oxygen atoms in total. The lowest BCUT2D eigenvalue weighted by Crippen LogP contribution is -2.23. The molecule has 0 bridgehead atoms. The highest BCUT2D eigenvalue weighted by atomic mass is 16.6. The zero-order valence-corrected chi connectivity index (χ0v) is 11.6. The third-order valence-electron chi connectivity index (χ3n) is 2.15. The lowest BCUT2D eigenvalue weighted by atomic mass is 10.1. The van der Waals surface area contributed by atoms with Gasteiger partial charge in [-0.2, -0.15) is 5.26 Å². The Morgan fingerprint density at radius 1 is 1.40 bits per heavy atom. The molecule has 0 aliphatic rings. The molecule has 0 aromatic heterocycles. The molecule has 0 atom stereocenters. The summed E-state index contributed by atoms with van der Waals surface area (Å²) >= 11 is 0. The normalized spacial score (nSPS) is 10.5. The Bertz CT molecular complexity index is 568. The van der Waals surface area contributed by atoms with Crippen molar-refractivity contribution >= 4 is 17.6 Å². The number of nitrogens with zero attached hydrogens (tertiary/aromatic N) is 1. The predicted molar refractivity (Wildman–Crippen MR) is 72.1 cm³/mol. The van der Waals surface area contributed by atoms with Crippen molar-refractivity contribution in [3.05, 3.63) is 23.8 Å². The van der Waals surface area contributed by atoms with Gasteiger partial charge in [0.05, 0.1) is 17.3 Å². The van der Waals surface area contributed by atoms with Crippen molar-refractivity contribution in [3.8, 4) is 11.8 Å². The summed E-state index contributed by atoms with van der Waals surface area (Å²) in [5.41, 5.74) is -0.319. The molecule has 20 heavy (non-hydrogen) atoms. The quantitative estimate of drug-likeness (QED) is 0.651.